The first-order valence-electron chi connectivity index (χ1n) is 6.94. The Balaban J connectivity index is 1.59. The highest BCUT2D eigenvalue weighted by Crippen LogP contribution is 2.21. The summed E-state index contributed by atoms with van der Waals surface area (Å²) in [7, 11) is -3.74. The third kappa shape index (κ3) is 3.88. The number of thiazole rings is 1. The maximum absolute atomic E-state index is 11.9. The Bertz CT molecular complexity index is 948. The third-order valence-corrected chi connectivity index (χ3v) is 5.14. The normalized spacial score (nSPS) is 11.4. The Morgan fingerprint density at radius 2 is 1.83 bits per heavy atom. The largest absolute Gasteiger partial charge is 0.331 e. The molecule has 0 atom stereocenters. The van der Waals surface area contributed by atoms with Crippen molar-refractivity contribution in [2.45, 2.75) is 11.4 Å². The van der Waals surface area contributed by atoms with Gasteiger partial charge in [-0.05, 0) is 36.4 Å². The van der Waals surface area contributed by atoms with Crippen molar-refractivity contribution < 1.29 is 13.2 Å². The summed E-state index contributed by atoms with van der Waals surface area (Å²) < 4.78 is 23.4. The van der Waals surface area contributed by atoms with Gasteiger partial charge in [0, 0.05) is 5.69 Å². The number of carbonyl (C=O) groups is 1. The predicted molar refractivity (Wildman–Crippen MR) is 93.3 cm³/mol. The number of aromatic nitrogens is 1. The quantitative estimate of drug-likeness (QED) is 0.660. The number of para-hydroxylation sites is 1. The minimum absolute atomic E-state index is 0.0112. The van der Waals surface area contributed by atoms with Gasteiger partial charge in [-0.15, -0.1) is 11.3 Å². The van der Waals surface area contributed by atoms with Gasteiger partial charge in [0.1, 0.15) is 5.01 Å². The lowest BCUT2D eigenvalue weighted by atomic mass is 10.3. The minimum atomic E-state index is -3.74. The number of benzene rings is 2. The van der Waals surface area contributed by atoms with Crippen molar-refractivity contribution in [3.63, 3.8) is 0 Å². The van der Waals surface area contributed by atoms with Crippen LogP contribution in [0.3, 0.4) is 0 Å². The van der Waals surface area contributed by atoms with Gasteiger partial charge in [-0.2, -0.15) is 0 Å². The van der Waals surface area contributed by atoms with Crippen LogP contribution in [-0.2, 0) is 16.6 Å². The SMILES string of the molecule is NS(=O)(=O)c1ccc(NC(=O)NCc2nc3ccccc3s2)cc1. The lowest BCUT2D eigenvalue weighted by molar-refractivity contribution is 0.251. The van der Waals surface area contributed by atoms with Gasteiger partial charge in [0.25, 0.3) is 0 Å². The van der Waals surface area contributed by atoms with E-state index in [-0.39, 0.29) is 4.90 Å². The van der Waals surface area contributed by atoms with Crippen LogP contribution in [0.2, 0.25) is 0 Å². The summed E-state index contributed by atoms with van der Waals surface area (Å²) in [5.41, 5.74) is 1.36. The molecule has 0 unspecified atom stereocenters. The first kappa shape index (κ1) is 16.4. The molecular formula is C15H14N4O3S2. The minimum Gasteiger partial charge on any atom is -0.331 e. The Labute approximate surface area is 142 Å². The Hall–Kier alpha value is -2.49. The van der Waals surface area contributed by atoms with Crippen molar-refractivity contribution in [2.24, 2.45) is 5.14 Å². The number of nitrogens with one attached hydrogen (secondary N) is 2. The van der Waals surface area contributed by atoms with Gasteiger partial charge in [-0.3, -0.25) is 0 Å². The van der Waals surface area contributed by atoms with Gasteiger partial charge in [0.15, 0.2) is 0 Å². The molecule has 0 aliphatic carbocycles. The van der Waals surface area contributed by atoms with Crippen LogP contribution in [-0.4, -0.2) is 19.4 Å². The van der Waals surface area contributed by atoms with E-state index in [1.165, 1.54) is 35.6 Å². The lowest BCUT2D eigenvalue weighted by Crippen LogP contribution is -2.28. The van der Waals surface area contributed by atoms with Crippen LogP contribution in [0, 0.1) is 0 Å². The maximum atomic E-state index is 11.9. The van der Waals surface area contributed by atoms with Crippen molar-refractivity contribution in [3.8, 4) is 0 Å². The van der Waals surface area contributed by atoms with E-state index in [1.54, 1.807) is 0 Å². The zero-order valence-electron chi connectivity index (χ0n) is 12.4. The van der Waals surface area contributed by atoms with Crippen molar-refractivity contribution in [1.29, 1.82) is 0 Å². The highest BCUT2D eigenvalue weighted by molar-refractivity contribution is 7.89. The van der Waals surface area contributed by atoms with Crippen molar-refractivity contribution in [3.05, 3.63) is 53.5 Å². The number of nitrogens with zero attached hydrogens (tertiary/aromatic N) is 1. The molecule has 2 amide bonds. The number of sulfonamides is 1. The topological polar surface area (TPSA) is 114 Å². The van der Waals surface area contributed by atoms with Gasteiger partial charge in [0.05, 0.1) is 21.7 Å². The summed E-state index contributed by atoms with van der Waals surface area (Å²) >= 11 is 1.52. The van der Waals surface area contributed by atoms with Gasteiger partial charge in [0.2, 0.25) is 10.0 Å². The van der Waals surface area contributed by atoms with Gasteiger partial charge < -0.3 is 10.6 Å². The summed E-state index contributed by atoms with van der Waals surface area (Å²) in [5.74, 6) is 0. The van der Waals surface area contributed by atoms with Crippen LogP contribution in [0.4, 0.5) is 10.5 Å². The fourth-order valence-corrected chi connectivity index (χ4v) is 3.48. The molecule has 4 N–H and O–H groups in total. The van der Waals surface area contributed by atoms with E-state index in [0.29, 0.717) is 12.2 Å². The van der Waals surface area contributed by atoms with Crippen LogP contribution in [0.25, 0.3) is 10.2 Å². The molecule has 3 rings (SSSR count). The van der Waals surface area contributed by atoms with Crippen LogP contribution in [0.5, 0.6) is 0 Å². The molecule has 1 aromatic heterocycles. The molecule has 0 saturated heterocycles. The zero-order chi connectivity index (χ0) is 17.2. The Morgan fingerprint density at radius 3 is 2.50 bits per heavy atom. The molecule has 9 heteroatoms. The van der Waals surface area contributed by atoms with Crippen LogP contribution >= 0.6 is 11.3 Å². The summed E-state index contributed by atoms with van der Waals surface area (Å²) in [6, 6.07) is 12.9. The average molecular weight is 362 g/mol. The molecule has 0 radical (unpaired) electrons. The number of primary sulfonamides is 1. The number of urea groups is 1. The Kier molecular flexibility index (Phi) is 4.47. The Morgan fingerprint density at radius 1 is 1.12 bits per heavy atom. The second-order valence-electron chi connectivity index (χ2n) is 4.95. The molecule has 2 aromatic carbocycles. The molecule has 0 bridgehead atoms. The first-order chi connectivity index (χ1) is 11.4. The number of hydrogen-bond acceptors (Lipinski definition) is 5. The highest BCUT2D eigenvalue weighted by atomic mass is 32.2. The molecule has 0 spiro atoms. The summed E-state index contributed by atoms with van der Waals surface area (Å²) in [6.07, 6.45) is 0. The number of amides is 2. The molecule has 3 aromatic rings. The van der Waals surface area contributed by atoms with Crippen molar-refractivity contribution in [1.82, 2.24) is 10.3 Å². The van der Waals surface area contributed by atoms with E-state index in [2.05, 4.69) is 15.6 Å². The number of nitrogens with two attached hydrogens (primary N) is 1. The first-order valence-corrected chi connectivity index (χ1v) is 9.30. The van der Waals surface area contributed by atoms with E-state index >= 15 is 0 Å². The average Bonchev–Trinajstić information content (AvgIpc) is 2.95. The van der Waals surface area contributed by atoms with Crippen molar-refractivity contribution >= 4 is 43.3 Å². The van der Waals surface area contributed by atoms with E-state index in [1.807, 2.05) is 24.3 Å². The molecule has 0 aliphatic rings. The molecule has 24 heavy (non-hydrogen) atoms. The van der Waals surface area contributed by atoms with E-state index in [9.17, 15) is 13.2 Å². The van der Waals surface area contributed by atoms with Crippen LogP contribution in [0.15, 0.2) is 53.4 Å². The van der Waals surface area contributed by atoms with E-state index in [0.717, 1.165) is 15.2 Å². The van der Waals surface area contributed by atoms with Gasteiger partial charge in [-0.25, -0.2) is 23.3 Å². The second kappa shape index (κ2) is 6.56. The molecule has 0 fully saturated rings. The number of hydrogen-bond donors (Lipinski definition) is 3. The summed E-state index contributed by atoms with van der Waals surface area (Å²) in [6.45, 7) is 0.306. The standard InChI is InChI=1S/C15H14N4O3S2/c16-24(21,22)11-7-5-10(6-8-11)18-15(20)17-9-14-19-12-3-1-2-4-13(12)23-14/h1-8H,9H2,(H2,16,21,22)(H2,17,18,20). The smallest absolute Gasteiger partial charge is 0.319 e. The predicted octanol–water partition coefficient (Wildman–Crippen LogP) is 2.27. The fourth-order valence-electron chi connectivity index (χ4n) is 2.05. The lowest BCUT2D eigenvalue weighted by Gasteiger charge is -2.07. The summed E-state index contributed by atoms with van der Waals surface area (Å²) in [5, 5.41) is 11.1. The monoisotopic (exact) mass is 362 g/mol. The van der Waals surface area contributed by atoms with E-state index in [4.69, 9.17) is 5.14 Å². The zero-order valence-corrected chi connectivity index (χ0v) is 14.0. The number of fused-ring (bicyclic) bond motifs is 1. The molecule has 1 heterocycles. The summed E-state index contributed by atoms with van der Waals surface area (Å²) in [4.78, 5) is 16.3. The van der Waals surface area contributed by atoms with E-state index < -0.39 is 16.1 Å². The third-order valence-electron chi connectivity index (χ3n) is 3.18. The van der Waals surface area contributed by atoms with Crippen LogP contribution in [0.1, 0.15) is 5.01 Å². The molecule has 0 saturated carbocycles. The maximum Gasteiger partial charge on any atom is 0.319 e. The van der Waals surface area contributed by atoms with Crippen LogP contribution < -0.4 is 15.8 Å². The van der Waals surface area contributed by atoms with Gasteiger partial charge in [-0.1, -0.05) is 12.1 Å². The second-order valence-corrected chi connectivity index (χ2v) is 7.63. The molecule has 0 aliphatic heterocycles. The fraction of sp³-hybridized carbons (Fsp3) is 0.0667. The number of anilines is 1. The highest BCUT2D eigenvalue weighted by Gasteiger charge is 2.09. The van der Waals surface area contributed by atoms with Crippen molar-refractivity contribution in [2.75, 3.05) is 5.32 Å². The molecular weight excluding hydrogens is 348 g/mol. The molecule has 7 nitrogen and oxygen atoms in total. The number of carbonyl (C=O) groups excluding carboxylic acids is 1. The molecule has 124 valence electrons. The van der Waals surface area contributed by atoms with Gasteiger partial charge >= 0.3 is 6.03 Å². The number of rotatable bonds is 4.